The molecule has 0 radical (unpaired) electrons. The quantitative estimate of drug-likeness (QED) is 0.552. The van der Waals surface area contributed by atoms with Crippen molar-refractivity contribution >= 4 is 40.9 Å². The minimum atomic E-state index is -0.307. The lowest BCUT2D eigenvalue weighted by molar-refractivity contribution is -0.121. The molecule has 34 heavy (non-hydrogen) atoms. The van der Waals surface area contributed by atoms with Crippen LogP contribution >= 0.6 is 0 Å². The summed E-state index contributed by atoms with van der Waals surface area (Å²) in [6.45, 7) is 4.03. The van der Waals surface area contributed by atoms with E-state index >= 15 is 0 Å². The Morgan fingerprint density at radius 1 is 0.941 bits per heavy atom. The van der Waals surface area contributed by atoms with E-state index in [1.54, 1.807) is 42.6 Å². The number of carbonyl (C=O) groups is 3. The van der Waals surface area contributed by atoms with E-state index in [2.05, 4.69) is 32.5 Å². The fraction of sp³-hybridized carbons (Fsp3) is 0.269. The van der Waals surface area contributed by atoms with Crippen molar-refractivity contribution in [1.29, 1.82) is 0 Å². The van der Waals surface area contributed by atoms with Crippen LogP contribution in [0.5, 0.6) is 0 Å². The number of carbonyl (C=O) groups excluding carboxylic acids is 3. The van der Waals surface area contributed by atoms with Crippen molar-refractivity contribution in [3.8, 4) is 0 Å². The van der Waals surface area contributed by atoms with Gasteiger partial charge in [0.05, 0.1) is 12.2 Å². The van der Waals surface area contributed by atoms with Gasteiger partial charge in [-0.3, -0.25) is 19.4 Å². The van der Waals surface area contributed by atoms with Crippen molar-refractivity contribution in [1.82, 2.24) is 10.3 Å². The molecular formula is C26H27N5O3. The fourth-order valence-electron chi connectivity index (χ4n) is 4.09. The van der Waals surface area contributed by atoms with Gasteiger partial charge in [0.15, 0.2) is 0 Å². The Morgan fingerprint density at radius 2 is 1.65 bits per heavy atom. The zero-order valence-electron chi connectivity index (χ0n) is 18.8. The third kappa shape index (κ3) is 5.83. The van der Waals surface area contributed by atoms with Crippen LogP contribution in [-0.4, -0.2) is 41.5 Å². The third-order valence-electron chi connectivity index (χ3n) is 5.99. The Morgan fingerprint density at radius 3 is 2.29 bits per heavy atom. The molecule has 0 atom stereocenters. The summed E-state index contributed by atoms with van der Waals surface area (Å²) in [6, 6.07) is 12.4. The van der Waals surface area contributed by atoms with Crippen LogP contribution in [0, 0.1) is 5.92 Å². The number of anilines is 2. The lowest BCUT2D eigenvalue weighted by Gasteiger charge is -2.28. The van der Waals surface area contributed by atoms with E-state index in [-0.39, 0.29) is 29.7 Å². The minimum absolute atomic E-state index is 0.0310. The number of pyridine rings is 1. The Kier molecular flexibility index (Phi) is 7.27. The summed E-state index contributed by atoms with van der Waals surface area (Å²) in [4.78, 5) is 45.3. The number of nitrogens with one attached hydrogen (secondary N) is 3. The van der Waals surface area contributed by atoms with Crippen molar-refractivity contribution in [2.45, 2.75) is 31.7 Å². The van der Waals surface area contributed by atoms with Crippen LogP contribution in [-0.2, 0) is 9.59 Å². The maximum atomic E-state index is 12.6. The molecule has 1 aromatic carbocycles. The lowest BCUT2D eigenvalue weighted by Crippen LogP contribution is -2.38. The van der Waals surface area contributed by atoms with Crippen LogP contribution in [0.15, 0.2) is 66.2 Å². The van der Waals surface area contributed by atoms with Gasteiger partial charge in [0, 0.05) is 35.1 Å². The number of rotatable bonds is 7. The van der Waals surface area contributed by atoms with Crippen LogP contribution < -0.4 is 16.0 Å². The SMILES string of the molecule is C=CC(=O)NC1CCC(C(=O)Nc2ccc(NC(=O)c3cccc(C4=CC=NC4)n3)cc2)CC1. The molecule has 8 nitrogen and oxygen atoms in total. The molecule has 1 aromatic heterocycles. The summed E-state index contributed by atoms with van der Waals surface area (Å²) >= 11 is 0. The fourth-order valence-corrected chi connectivity index (χ4v) is 4.09. The highest BCUT2D eigenvalue weighted by atomic mass is 16.2. The first kappa shape index (κ1) is 23.1. The van der Waals surface area contributed by atoms with Crippen molar-refractivity contribution in [2.75, 3.05) is 17.2 Å². The van der Waals surface area contributed by atoms with Gasteiger partial charge in [-0.1, -0.05) is 12.6 Å². The van der Waals surface area contributed by atoms with Crippen LogP contribution in [0.25, 0.3) is 5.57 Å². The Bertz CT molecular complexity index is 1150. The van der Waals surface area contributed by atoms with Crippen molar-refractivity contribution in [3.63, 3.8) is 0 Å². The van der Waals surface area contributed by atoms with Crippen LogP contribution in [0.2, 0.25) is 0 Å². The molecular weight excluding hydrogens is 430 g/mol. The zero-order chi connectivity index (χ0) is 23.9. The van der Waals surface area contributed by atoms with E-state index in [0.29, 0.717) is 23.6 Å². The average molecular weight is 458 g/mol. The average Bonchev–Trinajstić information content (AvgIpc) is 3.41. The number of amides is 3. The van der Waals surface area contributed by atoms with Gasteiger partial charge in [-0.2, -0.15) is 0 Å². The first-order chi connectivity index (χ1) is 16.5. The van der Waals surface area contributed by atoms with Gasteiger partial charge in [-0.05, 0) is 74.2 Å². The summed E-state index contributed by atoms with van der Waals surface area (Å²) in [5.41, 5.74) is 3.31. The van der Waals surface area contributed by atoms with Crippen LogP contribution in [0.3, 0.4) is 0 Å². The summed E-state index contributed by atoms with van der Waals surface area (Å²) in [5, 5.41) is 8.67. The van der Waals surface area contributed by atoms with Crippen LogP contribution in [0.4, 0.5) is 11.4 Å². The summed E-state index contributed by atoms with van der Waals surface area (Å²) in [7, 11) is 0. The van der Waals surface area contributed by atoms with E-state index in [1.165, 1.54) is 6.08 Å². The zero-order valence-corrected chi connectivity index (χ0v) is 18.8. The van der Waals surface area contributed by atoms with Crippen molar-refractivity contribution in [2.24, 2.45) is 10.9 Å². The summed E-state index contributed by atoms with van der Waals surface area (Å²) in [5.74, 6) is -0.602. The third-order valence-corrected chi connectivity index (χ3v) is 5.99. The maximum Gasteiger partial charge on any atom is 0.274 e. The number of nitrogens with zero attached hydrogens (tertiary/aromatic N) is 2. The standard InChI is InChI=1S/C26H27N5O3/c1-2-24(32)28-19-8-6-17(7-9-19)25(33)29-20-10-12-21(13-11-20)30-26(34)23-5-3-4-22(31-23)18-14-15-27-16-18/h2-5,10-15,17,19H,1,6-9,16H2,(H,28,32)(H,29,33)(H,30,34). The molecule has 2 aromatic rings. The molecule has 1 aliphatic heterocycles. The number of hydrogen-bond donors (Lipinski definition) is 3. The molecule has 1 aliphatic carbocycles. The number of allylic oxidation sites excluding steroid dienone is 1. The molecule has 3 N–H and O–H groups in total. The Hall–Kier alpha value is -4.07. The predicted molar refractivity (Wildman–Crippen MR) is 133 cm³/mol. The molecule has 3 amide bonds. The Labute approximate surface area is 198 Å². The van der Waals surface area contributed by atoms with Gasteiger partial charge in [-0.25, -0.2) is 4.98 Å². The highest BCUT2D eigenvalue weighted by Crippen LogP contribution is 2.26. The van der Waals surface area contributed by atoms with Gasteiger partial charge in [-0.15, -0.1) is 0 Å². The molecule has 0 bridgehead atoms. The second-order valence-electron chi connectivity index (χ2n) is 8.37. The van der Waals surface area contributed by atoms with E-state index in [1.807, 2.05) is 12.1 Å². The molecule has 0 unspecified atom stereocenters. The monoisotopic (exact) mass is 457 g/mol. The molecule has 0 spiro atoms. The molecule has 4 rings (SSSR count). The highest BCUT2D eigenvalue weighted by molar-refractivity contribution is 6.03. The molecule has 0 saturated heterocycles. The lowest BCUT2D eigenvalue weighted by atomic mass is 9.85. The van der Waals surface area contributed by atoms with E-state index in [4.69, 9.17) is 0 Å². The molecule has 174 valence electrons. The summed E-state index contributed by atoms with van der Waals surface area (Å²) in [6.07, 6.45) is 7.86. The number of aliphatic imine (C=N–C) groups is 1. The first-order valence-electron chi connectivity index (χ1n) is 11.3. The second-order valence-corrected chi connectivity index (χ2v) is 8.37. The minimum Gasteiger partial charge on any atom is -0.350 e. The van der Waals surface area contributed by atoms with E-state index in [0.717, 1.165) is 37.0 Å². The van der Waals surface area contributed by atoms with Gasteiger partial charge in [0.2, 0.25) is 11.8 Å². The molecule has 2 aliphatic rings. The van der Waals surface area contributed by atoms with Gasteiger partial charge < -0.3 is 16.0 Å². The Balaban J connectivity index is 1.28. The largest absolute Gasteiger partial charge is 0.350 e. The highest BCUT2D eigenvalue weighted by Gasteiger charge is 2.26. The van der Waals surface area contributed by atoms with Crippen molar-refractivity contribution in [3.05, 3.63) is 72.6 Å². The number of benzene rings is 1. The van der Waals surface area contributed by atoms with Crippen molar-refractivity contribution < 1.29 is 14.4 Å². The smallest absolute Gasteiger partial charge is 0.274 e. The normalized spacial score (nSPS) is 19.1. The number of hydrogen-bond acceptors (Lipinski definition) is 5. The van der Waals surface area contributed by atoms with Crippen LogP contribution in [0.1, 0.15) is 41.9 Å². The number of aromatic nitrogens is 1. The second kappa shape index (κ2) is 10.7. The molecule has 1 fully saturated rings. The maximum absolute atomic E-state index is 12.6. The molecule has 2 heterocycles. The van der Waals surface area contributed by atoms with Gasteiger partial charge in [0.25, 0.3) is 5.91 Å². The molecule has 8 heteroatoms. The van der Waals surface area contributed by atoms with E-state index < -0.39 is 0 Å². The topological polar surface area (TPSA) is 113 Å². The summed E-state index contributed by atoms with van der Waals surface area (Å²) < 4.78 is 0. The molecule has 1 saturated carbocycles. The van der Waals surface area contributed by atoms with Gasteiger partial charge >= 0.3 is 0 Å². The van der Waals surface area contributed by atoms with Gasteiger partial charge in [0.1, 0.15) is 5.69 Å². The first-order valence-corrected chi connectivity index (χ1v) is 11.3. The predicted octanol–water partition coefficient (Wildman–Crippen LogP) is 3.60. The van der Waals surface area contributed by atoms with E-state index in [9.17, 15) is 14.4 Å².